The molecule has 1 atom stereocenters. The number of oxime groups is 1. The van der Waals surface area contributed by atoms with E-state index in [1.165, 1.54) is 0 Å². The van der Waals surface area contributed by atoms with Gasteiger partial charge in [0.25, 0.3) is 0 Å². The third kappa shape index (κ3) is 3.28. The van der Waals surface area contributed by atoms with E-state index in [1.807, 2.05) is 6.92 Å². The molecule has 0 fully saturated rings. The lowest BCUT2D eigenvalue weighted by Crippen LogP contribution is -2.33. The van der Waals surface area contributed by atoms with Crippen LogP contribution >= 0.6 is 0 Å². The van der Waals surface area contributed by atoms with E-state index in [2.05, 4.69) is 5.16 Å². The van der Waals surface area contributed by atoms with Gasteiger partial charge >= 0.3 is 0 Å². The number of rotatable bonds is 4. The molecule has 0 bridgehead atoms. The molecule has 6 heteroatoms. The Hall–Kier alpha value is -1.40. The van der Waals surface area contributed by atoms with Crippen LogP contribution in [0.25, 0.3) is 0 Å². The third-order valence-electron chi connectivity index (χ3n) is 2.44. The summed E-state index contributed by atoms with van der Waals surface area (Å²) in [6, 6.07) is 6.85. The second-order valence-electron chi connectivity index (χ2n) is 3.85. The molecule has 0 spiro atoms. The van der Waals surface area contributed by atoms with E-state index in [1.54, 1.807) is 24.3 Å². The van der Waals surface area contributed by atoms with Crippen molar-refractivity contribution in [2.75, 3.05) is 12.9 Å². The molecule has 1 aromatic rings. The van der Waals surface area contributed by atoms with Gasteiger partial charge in [0.1, 0.15) is 11.0 Å². The quantitative estimate of drug-likeness (QED) is 0.469. The number of hydrogen-bond acceptors (Lipinski definition) is 5. The molecule has 0 saturated heterocycles. The van der Waals surface area contributed by atoms with Gasteiger partial charge in [0.15, 0.2) is 9.84 Å². The van der Waals surface area contributed by atoms with Crippen LogP contribution in [0, 0.1) is 6.92 Å². The van der Waals surface area contributed by atoms with E-state index in [4.69, 9.17) is 10.3 Å². The topological polar surface area (TPSA) is 87.0 Å². The monoisotopic (exact) mass is 257 g/mol. The maximum atomic E-state index is 11.5. The van der Waals surface area contributed by atoms with Crippen LogP contribution in [-0.2, 0) is 9.84 Å². The Morgan fingerprint density at radius 1 is 1.35 bits per heavy atom. The van der Waals surface area contributed by atoms with Gasteiger partial charge in [-0.1, -0.05) is 35.0 Å². The van der Waals surface area contributed by atoms with Gasteiger partial charge in [0, 0.05) is 11.8 Å². The van der Waals surface area contributed by atoms with E-state index in [0.717, 1.165) is 11.8 Å². The Labute approximate surface area is 100 Å². The van der Waals surface area contributed by atoms with Gasteiger partial charge in [-0.25, -0.2) is 8.42 Å². The van der Waals surface area contributed by atoms with Crippen molar-refractivity contribution in [1.82, 2.24) is 0 Å². The first-order valence-electron chi connectivity index (χ1n) is 4.99. The fraction of sp³-hybridized carbons (Fsp3) is 0.364. The first-order chi connectivity index (χ1) is 7.90. The predicted molar refractivity (Wildman–Crippen MR) is 65.2 cm³/mol. The number of benzene rings is 1. The number of aliphatic hydroxyl groups is 1. The summed E-state index contributed by atoms with van der Waals surface area (Å²) >= 11 is 0. The highest BCUT2D eigenvalue weighted by Crippen LogP contribution is 2.12. The number of hydrogen-bond donors (Lipinski definition) is 2. The van der Waals surface area contributed by atoms with Crippen molar-refractivity contribution in [2.24, 2.45) is 5.16 Å². The largest absolute Gasteiger partial charge is 0.411 e. The highest BCUT2D eigenvalue weighted by atomic mass is 32.2. The zero-order chi connectivity index (χ0) is 13.1. The average Bonchev–Trinajstić information content (AvgIpc) is 2.25. The van der Waals surface area contributed by atoms with Gasteiger partial charge in [-0.3, -0.25) is 0 Å². The molecule has 0 saturated carbocycles. The summed E-state index contributed by atoms with van der Waals surface area (Å²) in [4.78, 5) is 0. The van der Waals surface area contributed by atoms with E-state index < -0.39 is 21.7 Å². The molecule has 0 aliphatic heterocycles. The molecular weight excluding hydrogens is 242 g/mol. The van der Waals surface area contributed by atoms with Gasteiger partial charge in [-0.15, -0.1) is 0 Å². The first-order valence-corrected chi connectivity index (χ1v) is 6.94. The van der Waals surface area contributed by atoms with Gasteiger partial charge in [-0.05, 0) is 6.92 Å². The third-order valence-corrected chi connectivity index (χ3v) is 3.85. The van der Waals surface area contributed by atoms with Crippen molar-refractivity contribution < 1.29 is 18.7 Å². The van der Waals surface area contributed by atoms with Gasteiger partial charge in [-0.2, -0.15) is 0 Å². The van der Waals surface area contributed by atoms with Crippen LogP contribution in [0.5, 0.6) is 0 Å². The molecule has 0 amide bonds. The minimum atomic E-state index is -3.53. The zero-order valence-corrected chi connectivity index (χ0v) is 10.5. The van der Waals surface area contributed by atoms with Gasteiger partial charge < -0.3 is 10.3 Å². The summed E-state index contributed by atoms with van der Waals surface area (Å²) in [5, 5.41) is 19.8. The number of sulfone groups is 1. The molecule has 5 nitrogen and oxygen atoms in total. The van der Waals surface area contributed by atoms with E-state index in [-0.39, 0.29) is 5.71 Å². The van der Waals surface area contributed by atoms with Crippen molar-refractivity contribution in [1.29, 1.82) is 0 Å². The fourth-order valence-electron chi connectivity index (χ4n) is 1.46. The second kappa shape index (κ2) is 5.29. The highest BCUT2D eigenvalue weighted by molar-refractivity contribution is 7.92. The standard InChI is InChI=1S/C11H15NO4S/c1-8-3-5-9(6-4-8)11(12-14)10(7-13)17(2,15)16/h3-6,10,13-14H,7H2,1-2H3/b12-11-/t10-/m1/s1. The molecule has 0 unspecified atom stereocenters. The summed E-state index contributed by atoms with van der Waals surface area (Å²) in [5.41, 5.74) is 1.43. The zero-order valence-electron chi connectivity index (χ0n) is 9.66. The smallest absolute Gasteiger partial charge is 0.158 e. The van der Waals surface area contributed by atoms with Crippen LogP contribution in [0.15, 0.2) is 29.4 Å². The predicted octanol–water partition coefficient (Wildman–Crippen LogP) is 0.579. The van der Waals surface area contributed by atoms with E-state index >= 15 is 0 Å². The van der Waals surface area contributed by atoms with Crippen molar-refractivity contribution in [3.05, 3.63) is 35.4 Å². The van der Waals surface area contributed by atoms with Gasteiger partial charge in [0.05, 0.1) is 6.61 Å². The molecule has 0 radical (unpaired) electrons. The van der Waals surface area contributed by atoms with Crippen LogP contribution in [0.1, 0.15) is 11.1 Å². The molecular formula is C11H15NO4S. The van der Waals surface area contributed by atoms with Crippen molar-refractivity contribution in [3.8, 4) is 0 Å². The lowest BCUT2D eigenvalue weighted by Gasteiger charge is -2.14. The Morgan fingerprint density at radius 2 is 1.88 bits per heavy atom. The highest BCUT2D eigenvalue weighted by Gasteiger charge is 2.27. The lowest BCUT2D eigenvalue weighted by molar-refractivity contribution is 0.296. The SMILES string of the molecule is Cc1ccc(/C(=N/O)[C@@H](CO)S(C)(=O)=O)cc1. The minimum absolute atomic E-state index is 0.0463. The van der Waals surface area contributed by atoms with Crippen LogP contribution in [-0.4, -0.2) is 42.6 Å². The van der Waals surface area contributed by atoms with Crippen LogP contribution < -0.4 is 0 Å². The normalized spacial score (nSPS) is 14.6. The van der Waals surface area contributed by atoms with Crippen LogP contribution in [0.2, 0.25) is 0 Å². The van der Waals surface area contributed by atoms with Crippen LogP contribution in [0.3, 0.4) is 0 Å². The molecule has 0 aliphatic rings. The number of nitrogens with zero attached hydrogens (tertiary/aromatic N) is 1. The average molecular weight is 257 g/mol. The summed E-state index contributed by atoms with van der Waals surface area (Å²) in [7, 11) is -3.53. The van der Waals surface area contributed by atoms with Gasteiger partial charge in [0.2, 0.25) is 0 Å². The lowest BCUT2D eigenvalue weighted by atomic mass is 10.1. The molecule has 1 rings (SSSR count). The molecule has 2 N–H and O–H groups in total. The Morgan fingerprint density at radius 3 is 2.24 bits per heavy atom. The maximum Gasteiger partial charge on any atom is 0.158 e. The fourth-order valence-corrected chi connectivity index (χ4v) is 2.32. The Balaban J connectivity index is 3.20. The molecule has 94 valence electrons. The summed E-state index contributed by atoms with van der Waals surface area (Å²) < 4.78 is 22.9. The number of aryl methyl sites for hydroxylation is 1. The molecule has 0 aliphatic carbocycles. The van der Waals surface area contributed by atoms with Crippen molar-refractivity contribution in [2.45, 2.75) is 12.2 Å². The molecule has 0 aromatic heterocycles. The molecule has 17 heavy (non-hydrogen) atoms. The van der Waals surface area contributed by atoms with E-state index in [0.29, 0.717) is 5.56 Å². The summed E-state index contributed by atoms with van der Waals surface area (Å²) in [6.45, 7) is 1.27. The number of aliphatic hydroxyl groups excluding tert-OH is 1. The molecule has 0 heterocycles. The summed E-state index contributed by atoms with van der Waals surface area (Å²) in [6.07, 6.45) is 0.993. The second-order valence-corrected chi connectivity index (χ2v) is 6.08. The Kier molecular flexibility index (Phi) is 4.25. The summed E-state index contributed by atoms with van der Waals surface area (Å²) in [5.74, 6) is 0. The Bertz CT molecular complexity index is 505. The van der Waals surface area contributed by atoms with Crippen molar-refractivity contribution in [3.63, 3.8) is 0 Å². The maximum absolute atomic E-state index is 11.5. The van der Waals surface area contributed by atoms with Crippen molar-refractivity contribution >= 4 is 15.5 Å². The minimum Gasteiger partial charge on any atom is -0.411 e. The van der Waals surface area contributed by atoms with Crippen LogP contribution in [0.4, 0.5) is 0 Å². The first kappa shape index (κ1) is 13.7. The van der Waals surface area contributed by atoms with E-state index in [9.17, 15) is 8.42 Å². The molecule has 1 aromatic carbocycles.